The first-order valence-electron chi connectivity index (χ1n) is 4.59. The molecule has 0 aliphatic carbocycles. The molecule has 80 valence electrons. The molecule has 0 saturated heterocycles. The van der Waals surface area contributed by atoms with Crippen LogP contribution in [0.15, 0.2) is 11.5 Å². The van der Waals surface area contributed by atoms with Crippen molar-refractivity contribution in [2.45, 2.75) is 33.3 Å². The van der Waals surface area contributed by atoms with E-state index in [0.717, 1.165) is 4.91 Å². The maximum Gasteiger partial charge on any atom is 0.0718 e. The Bertz CT molecular complexity index is 140. The third-order valence-electron chi connectivity index (χ3n) is 1.11. The first-order chi connectivity index (χ1) is 5.81. The van der Waals surface area contributed by atoms with Gasteiger partial charge in [0, 0.05) is 13.1 Å². The topological polar surface area (TPSA) is 23.5 Å². The van der Waals surface area contributed by atoms with E-state index in [4.69, 9.17) is 0 Å². The lowest BCUT2D eigenvalue weighted by molar-refractivity contribution is 0.0477. The standard InChI is InChI=1S/C8H17NOS.C2H6/c1-7(11)5-9(4)6-8(2,3)10;1-2/h10-11H,1,5-6H2,2-4H3;1-2H3. The lowest BCUT2D eigenvalue weighted by Gasteiger charge is -2.25. The molecule has 0 saturated carbocycles. The summed E-state index contributed by atoms with van der Waals surface area (Å²) in [6, 6.07) is 0. The Morgan fingerprint density at radius 3 is 2.08 bits per heavy atom. The van der Waals surface area contributed by atoms with E-state index < -0.39 is 5.60 Å². The molecule has 0 atom stereocenters. The number of nitrogens with zero attached hydrogens (tertiary/aromatic N) is 1. The predicted octanol–water partition coefficient (Wildman–Crippen LogP) is 2.16. The Balaban J connectivity index is 0. The minimum Gasteiger partial charge on any atom is -0.389 e. The van der Waals surface area contributed by atoms with Crippen molar-refractivity contribution in [2.24, 2.45) is 0 Å². The number of thiol groups is 1. The summed E-state index contributed by atoms with van der Waals surface area (Å²) in [5, 5.41) is 9.40. The Labute approximate surface area is 88.0 Å². The Morgan fingerprint density at radius 1 is 1.46 bits per heavy atom. The molecule has 0 aliphatic rings. The molecule has 13 heavy (non-hydrogen) atoms. The van der Waals surface area contributed by atoms with Gasteiger partial charge in [-0.3, -0.25) is 4.90 Å². The van der Waals surface area contributed by atoms with Gasteiger partial charge in [0.15, 0.2) is 0 Å². The van der Waals surface area contributed by atoms with Gasteiger partial charge in [-0.05, 0) is 25.8 Å². The summed E-state index contributed by atoms with van der Waals surface area (Å²) in [5.74, 6) is 0. The molecule has 0 aromatic heterocycles. The molecular weight excluding hydrogens is 182 g/mol. The van der Waals surface area contributed by atoms with E-state index >= 15 is 0 Å². The molecule has 0 fully saturated rings. The zero-order valence-corrected chi connectivity index (χ0v) is 10.4. The van der Waals surface area contributed by atoms with Crippen LogP contribution in [0.1, 0.15) is 27.7 Å². The third kappa shape index (κ3) is 14.8. The molecule has 0 aromatic rings. The van der Waals surface area contributed by atoms with Crippen LogP contribution in [0, 0.1) is 0 Å². The van der Waals surface area contributed by atoms with Crippen molar-refractivity contribution in [2.75, 3.05) is 20.1 Å². The minimum atomic E-state index is -0.641. The smallest absolute Gasteiger partial charge is 0.0718 e. The number of likely N-dealkylation sites (N-methyl/N-ethyl adjacent to an activating group) is 1. The summed E-state index contributed by atoms with van der Waals surface area (Å²) in [4.78, 5) is 2.80. The van der Waals surface area contributed by atoms with E-state index in [9.17, 15) is 5.11 Å². The van der Waals surface area contributed by atoms with Crippen LogP contribution < -0.4 is 0 Å². The monoisotopic (exact) mass is 205 g/mol. The highest BCUT2D eigenvalue weighted by atomic mass is 32.1. The lowest BCUT2D eigenvalue weighted by atomic mass is 10.1. The first-order valence-corrected chi connectivity index (χ1v) is 5.03. The molecule has 0 aliphatic heterocycles. The minimum absolute atomic E-state index is 0.632. The second-order valence-corrected chi connectivity index (χ2v) is 4.18. The molecule has 0 amide bonds. The Kier molecular flexibility index (Phi) is 8.83. The maximum atomic E-state index is 9.40. The van der Waals surface area contributed by atoms with Gasteiger partial charge in [0.25, 0.3) is 0 Å². The Hall–Kier alpha value is 0.01000. The quantitative estimate of drug-likeness (QED) is 0.687. The van der Waals surface area contributed by atoms with Crippen LogP contribution in [-0.4, -0.2) is 35.7 Å². The van der Waals surface area contributed by atoms with Gasteiger partial charge in [-0.1, -0.05) is 20.4 Å². The summed E-state index contributed by atoms with van der Waals surface area (Å²) < 4.78 is 0. The number of aliphatic hydroxyl groups is 1. The first kappa shape index (κ1) is 15.5. The summed E-state index contributed by atoms with van der Waals surface area (Å²) >= 11 is 4.07. The van der Waals surface area contributed by atoms with E-state index in [1.807, 2.05) is 25.8 Å². The maximum absolute atomic E-state index is 9.40. The SMILES string of the molecule is C=C(S)CN(C)CC(C)(C)O.CC. The van der Waals surface area contributed by atoms with Crippen molar-refractivity contribution < 1.29 is 5.11 Å². The van der Waals surface area contributed by atoms with Crippen molar-refractivity contribution in [1.29, 1.82) is 0 Å². The van der Waals surface area contributed by atoms with Crippen molar-refractivity contribution in [1.82, 2.24) is 4.90 Å². The molecule has 0 bridgehead atoms. The Morgan fingerprint density at radius 2 is 1.85 bits per heavy atom. The fraction of sp³-hybridized carbons (Fsp3) is 0.800. The van der Waals surface area contributed by atoms with Crippen LogP contribution >= 0.6 is 12.6 Å². The molecule has 2 nitrogen and oxygen atoms in total. The summed E-state index contributed by atoms with van der Waals surface area (Å²) in [7, 11) is 1.93. The average molecular weight is 205 g/mol. The number of hydrogen-bond donors (Lipinski definition) is 2. The van der Waals surface area contributed by atoms with E-state index in [-0.39, 0.29) is 0 Å². The van der Waals surface area contributed by atoms with Gasteiger partial charge in [0.2, 0.25) is 0 Å². The molecule has 0 radical (unpaired) electrons. The highest BCUT2D eigenvalue weighted by Gasteiger charge is 2.14. The molecule has 0 spiro atoms. The fourth-order valence-corrected chi connectivity index (χ4v) is 1.27. The molecule has 0 heterocycles. The molecule has 0 rings (SSSR count). The van der Waals surface area contributed by atoms with E-state index in [0.29, 0.717) is 13.1 Å². The van der Waals surface area contributed by atoms with Crippen LogP contribution in [0.25, 0.3) is 0 Å². The third-order valence-corrected chi connectivity index (χ3v) is 1.25. The molecule has 1 N–H and O–H groups in total. The second-order valence-electron chi connectivity index (χ2n) is 3.55. The van der Waals surface area contributed by atoms with Crippen molar-refractivity contribution >= 4 is 12.6 Å². The fourth-order valence-electron chi connectivity index (χ4n) is 1.03. The number of hydrogen-bond acceptors (Lipinski definition) is 3. The molecule has 0 aromatic carbocycles. The summed E-state index contributed by atoms with van der Waals surface area (Å²) in [6.45, 7) is 12.6. The molecule has 3 heteroatoms. The van der Waals surface area contributed by atoms with Gasteiger partial charge in [0.05, 0.1) is 5.60 Å². The van der Waals surface area contributed by atoms with Crippen LogP contribution in [0.5, 0.6) is 0 Å². The summed E-state index contributed by atoms with van der Waals surface area (Å²) in [6.07, 6.45) is 0. The van der Waals surface area contributed by atoms with Gasteiger partial charge >= 0.3 is 0 Å². The van der Waals surface area contributed by atoms with Gasteiger partial charge in [-0.2, -0.15) is 0 Å². The molecule has 0 unspecified atom stereocenters. The van der Waals surface area contributed by atoms with Crippen LogP contribution in [0.4, 0.5) is 0 Å². The van der Waals surface area contributed by atoms with Crippen molar-refractivity contribution in [3.8, 4) is 0 Å². The van der Waals surface area contributed by atoms with Crippen LogP contribution in [-0.2, 0) is 0 Å². The van der Waals surface area contributed by atoms with E-state index in [1.54, 1.807) is 13.8 Å². The van der Waals surface area contributed by atoms with Gasteiger partial charge in [-0.25, -0.2) is 0 Å². The largest absolute Gasteiger partial charge is 0.389 e. The van der Waals surface area contributed by atoms with Crippen LogP contribution in [0.3, 0.4) is 0 Å². The normalized spacial score (nSPS) is 10.8. The van der Waals surface area contributed by atoms with Crippen LogP contribution in [0.2, 0.25) is 0 Å². The summed E-state index contributed by atoms with van der Waals surface area (Å²) in [5.41, 5.74) is -0.641. The van der Waals surface area contributed by atoms with Gasteiger partial charge < -0.3 is 5.11 Å². The average Bonchev–Trinajstić information content (AvgIpc) is 1.85. The highest BCUT2D eigenvalue weighted by molar-refractivity contribution is 7.84. The lowest BCUT2D eigenvalue weighted by Crippen LogP contribution is -2.36. The van der Waals surface area contributed by atoms with Gasteiger partial charge in [0.1, 0.15) is 0 Å². The van der Waals surface area contributed by atoms with Gasteiger partial charge in [-0.15, -0.1) is 12.6 Å². The zero-order chi connectivity index (χ0) is 11.1. The number of rotatable bonds is 4. The van der Waals surface area contributed by atoms with Crippen molar-refractivity contribution in [3.63, 3.8) is 0 Å². The van der Waals surface area contributed by atoms with E-state index in [2.05, 4.69) is 19.2 Å². The highest BCUT2D eigenvalue weighted by Crippen LogP contribution is 2.05. The second kappa shape index (κ2) is 7.42. The van der Waals surface area contributed by atoms with E-state index in [1.165, 1.54) is 0 Å². The molecular formula is C10H23NOS. The zero-order valence-electron chi connectivity index (χ0n) is 9.46. The van der Waals surface area contributed by atoms with Crippen molar-refractivity contribution in [3.05, 3.63) is 11.5 Å². The predicted molar refractivity (Wildman–Crippen MR) is 63.3 cm³/mol.